The molecule has 0 radical (unpaired) electrons. The maximum atomic E-state index is 12.4. The molecule has 1 aliphatic carbocycles. The van der Waals surface area contributed by atoms with E-state index in [1.807, 2.05) is 30.3 Å². The minimum Gasteiger partial charge on any atom is -0.391 e. The first-order valence-electron chi connectivity index (χ1n) is 7.59. The van der Waals surface area contributed by atoms with Crippen LogP contribution in [0.4, 0.5) is 0 Å². The van der Waals surface area contributed by atoms with Gasteiger partial charge in [-0.1, -0.05) is 30.3 Å². The number of carbonyl (C=O) groups excluding carboxylic acids is 2. The number of hydrogen-bond donors (Lipinski definition) is 4. The summed E-state index contributed by atoms with van der Waals surface area (Å²) in [5.41, 5.74) is 6.20. The van der Waals surface area contributed by atoms with Gasteiger partial charge in [0.2, 0.25) is 11.8 Å². The molecule has 0 bridgehead atoms. The van der Waals surface area contributed by atoms with Crippen LogP contribution in [0, 0.1) is 5.92 Å². The van der Waals surface area contributed by atoms with E-state index in [9.17, 15) is 19.8 Å². The van der Waals surface area contributed by atoms with Crippen LogP contribution in [-0.2, 0) is 16.0 Å². The average molecular weight is 375 g/mol. The lowest BCUT2D eigenvalue weighted by molar-refractivity contribution is -0.135. The average Bonchev–Trinajstić information content (AvgIpc) is 2.56. The number of alkyl halides is 2. The first-order valence-corrected chi connectivity index (χ1v) is 8.46. The maximum Gasteiger partial charge on any atom is 0.240 e. The molecule has 1 aliphatic rings. The van der Waals surface area contributed by atoms with E-state index in [0.717, 1.165) is 5.56 Å². The zero-order valence-electron chi connectivity index (χ0n) is 12.8. The fourth-order valence-electron chi connectivity index (χ4n) is 2.76. The number of nitrogens with two attached hydrogens (primary N) is 1. The summed E-state index contributed by atoms with van der Waals surface area (Å²) in [5, 5.41) is 20.6. The molecule has 1 aromatic rings. The molecule has 0 aliphatic heterocycles. The second-order valence-corrected chi connectivity index (χ2v) is 7.00. The normalized spacial score (nSPS) is 31.2. The molecule has 0 heterocycles. The number of primary amides is 1. The fraction of sp³-hybridized carbons (Fsp3) is 0.500. The third kappa shape index (κ3) is 4.39. The second-order valence-electron chi connectivity index (χ2n) is 5.94. The van der Waals surface area contributed by atoms with Crippen LogP contribution in [0.25, 0.3) is 0 Å². The largest absolute Gasteiger partial charge is 0.391 e. The van der Waals surface area contributed by atoms with Crippen molar-refractivity contribution in [2.24, 2.45) is 11.7 Å². The van der Waals surface area contributed by atoms with E-state index in [-0.39, 0.29) is 12.8 Å². The Morgan fingerprint density at radius 2 is 1.83 bits per heavy atom. The lowest BCUT2D eigenvalue weighted by Gasteiger charge is -2.37. The molecular weight excluding hydrogens is 355 g/mol. The van der Waals surface area contributed by atoms with Crippen molar-refractivity contribution in [3.05, 3.63) is 35.9 Å². The standard InChI is InChI=1S/C16H20Cl2N2O4/c17-10-7-9(13(21)12(18)14(10)22)16(24)20-11(15(19)23)6-8-4-2-1-3-5-8/h1-5,9-14,21-22H,6-7H2,(H2,19,23)(H,20,24)/t9?,10?,11-,12?,13?,14?/m0/s1. The molecule has 24 heavy (non-hydrogen) atoms. The lowest BCUT2D eigenvalue weighted by atomic mass is 9.83. The van der Waals surface area contributed by atoms with Gasteiger partial charge in [-0.2, -0.15) is 0 Å². The van der Waals surface area contributed by atoms with E-state index in [1.165, 1.54) is 0 Å². The van der Waals surface area contributed by atoms with Gasteiger partial charge in [-0.25, -0.2) is 0 Å². The Morgan fingerprint density at radius 3 is 2.42 bits per heavy atom. The number of halogens is 2. The molecule has 1 aromatic carbocycles. The number of carbonyl (C=O) groups is 2. The number of aliphatic hydroxyl groups excluding tert-OH is 2. The molecule has 5 unspecified atom stereocenters. The van der Waals surface area contributed by atoms with E-state index in [4.69, 9.17) is 28.9 Å². The van der Waals surface area contributed by atoms with E-state index in [0.29, 0.717) is 0 Å². The Hall–Kier alpha value is -1.34. The fourth-order valence-corrected chi connectivity index (χ4v) is 3.53. The molecule has 6 nitrogen and oxygen atoms in total. The van der Waals surface area contributed by atoms with Crippen molar-refractivity contribution in [1.82, 2.24) is 5.32 Å². The first-order chi connectivity index (χ1) is 11.3. The number of hydrogen-bond acceptors (Lipinski definition) is 4. The van der Waals surface area contributed by atoms with Crippen molar-refractivity contribution in [2.45, 2.75) is 41.8 Å². The number of rotatable bonds is 5. The summed E-state index contributed by atoms with van der Waals surface area (Å²) in [6, 6.07) is 8.19. The van der Waals surface area contributed by atoms with Gasteiger partial charge in [0.15, 0.2) is 0 Å². The number of nitrogens with one attached hydrogen (secondary N) is 1. The zero-order valence-corrected chi connectivity index (χ0v) is 14.3. The van der Waals surface area contributed by atoms with Crippen molar-refractivity contribution >= 4 is 35.0 Å². The monoisotopic (exact) mass is 374 g/mol. The minimum atomic E-state index is -1.26. The van der Waals surface area contributed by atoms with Gasteiger partial charge in [-0.15, -0.1) is 23.2 Å². The third-order valence-corrected chi connectivity index (χ3v) is 5.15. The highest BCUT2D eigenvalue weighted by Crippen LogP contribution is 2.32. The molecule has 0 saturated heterocycles. The molecular formula is C16H20Cl2N2O4. The Bertz CT molecular complexity index is 587. The smallest absolute Gasteiger partial charge is 0.240 e. The Balaban J connectivity index is 2.06. The van der Waals surface area contributed by atoms with Crippen molar-refractivity contribution in [3.63, 3.8) is 0 Å². The lowest BCUT2D eigenvalue weighted by Crippen LogP contribution is -2.56. The van der Waals surface area contributed by atoms with Gasteiger partial charge in [0.05, 0.1) is 28.9 Å². The van der Waals surface area contributed by atoms with E-state index >= 15 is 0 Å². The summed E-state index contributed by atoms with van der Waals surface area (Å²) in [6.07, 6.45) is -2.08. The Labute approximate surface area is 149 Å². The summed E-state index contributed by atoms with van der Waals surface area (Å²) in [6.45, 7) is 0. The summed E-state index contributed by atoms with van der Waals surface area (Å²) in [4.78, 5) is 24.1. The molecule has 132 valence electrons. The molecule has 1 fully saturated rings. The van der Waals surface area contributed by atoms with Crippen LogP contribution < -0.4 is 11.1 Å². The molecule has 1 saturated carbocycles. The SMILES string of the molecule is NC(=O)[C@H](Cc1ccccc1)NC(=O)C1CC(Cl)C(O)C(Cl)C1O. The van der Waals surface area contributed by atoms with Crippen molar-refractivity contribution in [1.29, 1.82) is 0 Å². The highest BCUT2D eigenvalue weighted by Gasteiger charge is 2.45. The maximum absolute atomic E-state index is 12.4. The van der Waals surface area contributed by atoms with Crippen molar-refractivity contribution < 1.29 is 19.8 Å². The summed E-state index contributed by atoms with van der Waals surface area (Å²) >= 11 is 11.9. The quantitative estimate of drug-likeness (QED) is 0.549. The second kappa shape index (κ2) is 8.16. The van der Waals surface area contributed by atoms with Crippen LogP contribution in [0.1, 0.15) is 12.0 Å². The van der Waals surface area contributed by atoms with Crippen LogP contribution in [-0.4, -0.2) is 51.0 Å². The highest BCUT2D eigenvalue weighted by atomic mass is 35.5. The molecule has 2 rings (SSSR count). The van der Waals surface area contributed by atoms with Crippen LogP contribution >= 0.6 is 23.2 Å². The summed E-state index contributed by atoms with van der Waals surface area (Å²) < 4.78 is 0. The third-order valence-electron chi connectivity index (χ3n) is 4.19. The van der Waals surface area contributed by atoms with Gasteiger partial charge in [0.25, 0.3) is 0 Å². The molecule has 0 aromatic heterocycles. The van der Waals surface area contributed by atoms with Crippen LogP contribution in [0.15, 0.2) is 30.3 Å². The van der Waals surface area contributed by atoms with Gasteiger partial charge in [-0.05, 0) is 12.0 Å². The van der Waals surface area contributed by atoms with Gasteiger partial charge >= 0.3 is 0 Å². The van der Waals surface area contributed by atoms with Crippen molar-refractivity contribution in [3.8, 4) is 0 Å². The summed E-state index contributed by atoms with van der Waals surface area (Å²) in [5.74, 6) is -2.16. The van der Waals surface area contributed by atoms with Gasteiger partial charge < -0.3 is 21.3 Å². The predicted octanol–water partition coefficient (Wildman–Crippen LogP) is 0.156. The molecule has 5 N–H and O–H groups in total. The minimum absolute atomic E-state index is 0.0514. The highest BCUT2D eigenvalue weighted by molar-refractivity contribution is 6.25. The van der Waals surface area contributed by atoms with Gasteiger partial charge in [0, 0.05) is 6.42 Å². The number of aliphatic hydroxyl groups is 2. The van der Waals surface area contributed by atoms with Crippen LogP contribution in [0.3, 0.4) is 0 Å². The molecule has 8 heteroatoms. The Kier molecular flexibility index (Phi) is 6.46. The summed E-state index contributed by atoms with van der Waals surface area (Å²) in [7, 11) is 0. The zero-order chi connectivity index (χ0) is 17.9. The van der Waals surface area contributed by atoms with Gasteiger partial charge in [0.1, 0.15) is 6.04 Å². The molecule has 6 atom stereocenters. The van der Waals surface area contributed by atoms with Crippen LogP contribution in [0.2, 0.25) is 0 Å². The van der Waals surface area contributed by atoms with E-state index in [2.05, 4.69) is 5.32 Å². The Morgan fingerprint density at radius 1 is 1.21 bits per heavy atom. The van der Waals surface area contributed by atoms with Crippen molar-refractivity contribution in [2.75, 3.05) is 0 Å². The first kappa shape index (κ1) is 19.0. The number of benzene rings is 1. The topological polar surface area (TPSA) is 113 Å². The molecule has 2 amide bonds. The molecule has 0 spiro atoms. The van der Waals surface area contributed by atoms with Gasteiger partial charge in [-0.3, -0.25) is 9.59 Å². The predicted molar refractivity (Wildman–Crippen MR) is 90.7 cm³/mol. The van der Waals surface area contributed by atoms with Crippen LogP contribution in [0.5, 0.6) is 0 Å². The van der Waals surface area contributed by atoms with E-state index in [1.54, 1.807) is 0 Å². The number of amides is 2. The van der Waals surface area contributed by atoms with E-state index < -0.39 is 46.7 Å².